The third-order valence-corrected chi connectivity index (χ3v) is 3.86. The van der Waals surface area contributed by atoms with Crippen LogP contribution in [0.2, 0.25) is 0 Å². The van der Waals surface area contributed by atoms with Gasteiger partial charge in [0.25, 0.3) is 0 Å². The number of anilines is 1. The van der Waals surface area contributed by atoms with Crippen LogP contribution in [0.3, 0.4) is 0 Å². The molecule has 0 amide bonds. The summed E-state index contributed by atoms with van der Waals surface area (Å²) in [4.78, 5) is 11.4. The molecule has 1 N–H and O–H groups in total. The fourth-order valence-electron chi connectivity index (χ4n) is 2.11. The molecule has 0 spiro atoms. The molecular weight excluding hydrogens is 394 g/mol. The molecule has 0 saturated carbocycles. The van der Waals surface area contributed by atoms with Crippen LogP contribution in [0.4, 0.5) is 5.69 Å². The van der Waals surface area contributed by atoms with E-state index in [1.165, 1.54) is 0 Å². The minimum absolute atomic E-state index is 0.00858. The van der Waals surface area contributed by atoms with Crippen molar-refractivity contribution in [1.82, 2.24) is 0 Å². The van der Waals surface area contributed by atoms with Gasteiger partial charge in [0.05, 0.1) is 51.6 Å². The Bertz CT molecular complexity index is 538. The maximum absolute atomic E-state index is 11.4. The van der Waals surface area contributed by atoms with Gasteiger partial charge in [0.15, 0.2) is 5.78 Å². The van der Waals surface area contributed by atoms with Crippen molar-refractivity contribution in [3.8, 4) is 5.75 Å². The lowest BCUT2D eigenvalue weighted by molar-refractivity contribution is -0.127. The molecule has 0 aliphatic rings. The lowest BCUT2D eigenvalue weighted by Crippen LogP contribution is -2.17. The van der Waals surface area contributed by atoms with Crippen molar-refractivity contribution >= 4 is 24.1 Å². The highest BCUT2D eigenvalue weighted by Crippen LogP contribution is 2.16. The van der Waals surface area contributed by atoms with Crippen LogP contribution >= 0.6 is 12.6 Å². The molecule has 29 heavy (non-hydrogen) atoms. The number of thiol groups is 1. The zero-order chi connectivity index (χ0) is 21.3. The van der Waals surface area contributed by atoms with Crippen molar-refractivity contribution in [2.45, 2.75) is 26.1 Å². The molecule has 0 fully saturated rings. The summed E-state index contributed by atoms with van der Waals surface area (Å²) in [5.74, 6) is 0.916. The zero-order valence-electron chi connectivity index (χ0n) is 17.7. The highest BCUT2D eigenvalue weighted by Gasteiger charge is 2.06. The summed E-state index contributed by atoms with van der Waals surface area (Å²) >= 11 is 4.29. The number of ether oxygens (including phenoxy) is 5. The highest BCUT2D eigenvalue weighted by molar-refractivity contribution is 7.81. The number of hydrogen-bond acceptors (Lipinski definition) is 8. The Morgan fingerprint density at radius 1 is 0.828 bits per heavy atom. The molecule has 1 rings (SSSR count). The summed E-state index contributed by atoms with van der Waals surface area (Å²) in [6, 6.07) is 7.73. The molecule has 0 aliphatic heterocycles. The number of carbonyl (C=O) groups excluding carboxylic acids is 1. The molecule has 1 atom stereocenters. The molecule has 8 heteroatoms. The normalized spacial score (nSPS) is 12.2. The Kier molecular flexibility index (Phi) is 14.6. The third-order valence-electron chi connectivity index (χ3n) is 3.73. The minimum Gasteiger partial charge on any atom is -0.491 e. The number of ketones is 1. The summed E-state index contributed by atoms with van der Waals surface area (Å²) in [6.07, 6.45) is 0. The van der Waals surface area contributed by atoms with Gasteiger partial charge in [0.1, 0.15) is 19.0 Å². The average molecular weight is 430 g/mol. The monoisotopic (exact) mass is 429 g/mol. The second-order valence-electron chi connectivity index (χ2n) is 6.70. The van der Waals surface area contributed by atoms with Crippen molar-refractivity contribution < 1.29 is 28.5 Å². The molecule has 0 aliphatic carbocycles. The van der Waals surface area contributed by atoms with Crippen LogP contribution in [0.5, 0.6) is 5.75 Å². The second-order valence-corrected chi connectivity index (χ2v) is 7.48. The molecule has 1 aromatic carbocycles. The predicted octanol–water partition coefficient (Wildman–Crippen LogP) is 3.04. The molecule has 0 bridgehead atoms. The van der Waals surface area contributed by atoms with Crippen molar-refractivity contribution in [3.63, 3.8) is 0 Å². The number of nitrogens with one attached hydrogen (secondary N) is 1. The molecule has 0 radical (unpaired) electrons. The van der Waals surface area contributed by atoms with Crippen LogP contribution in [0, 0.1) is 5.92 Å². The largest absolute Gasteiger partial charge is 0.491 e. The van der Waals surface area contributed by atoms with Crippen LogP contribution in [-0.4, -0.2) is 70.6 Å². The highest BCUT2D eigenvalue weighted by atomic mass is 32.1. The van der Waals surface area contributed by atoms with E-state index < -0.39 is 0 Å². The lowest BCUT2D eigenvalue weighted by atomic mass is 10.1. The Morgan fingerprint density at radius 2 is 1.31 bits per heavy atom. The lowest BCUT2D eigenvalue weighted by Gasteiger charge is -2.11. The number of hydrogen-bond donors (Lipinski definition) is 2. The smallest absolute Gasteiger partial charge is 0.160 e. The quantitative estimate of drug-likeness (QED) is 0.211. The first-order chi connectivity index (χ1) is 14.0. The third kappa shape index (κ3) is 14.3. The van der Waals surface area contributed by atoms with Crippen LogP contribution in [-0.2, 0) is 23.7 Å². The maximum atomic E-state index is 11.4. The number of benzene rings is 1. The number of carbonyl (C=O) groups is 1. The van der Waals surface area contributed by atoms with Gasteiger partial charge in [-0.15, -0.1) is 0 Å². The van der Waals surface area contributed by atoms with Gasteiger partial charge < -0.3 is 29.0 Å². The summed E-state index contributed by atoms with van der Waals surface area (Å²) in [5.41, 5.74) is 1.01. The molecule has 166 valence electrons. The first-order valence-electron chi connectivity index (χ1n) is 10.00. The Labute approximate surface area is 179 Å². The fraction of sp³-hybridized carbons (Fsp3) is 0.667. The number of Topliss-reactive ketones (excluding diaryl/α,β-unsaturated/α-hetero) is 1. The summed E-state index contributed by atoms with van der Waals surface area (Å²) in [7, 11) is 0. The van der Waals surface area contributed by atoms with Gasteiger partial charge in [-0.1, -0.05) is 13.8 Å². The fourth-order valence-corrected chi connectivity index (χ4v) is 2.26. The summed E-state index contributed by atoms with van der Waals surface area (Å²) in [5, 5.41) is 3.30. The van der Waals surface area contributed by atoms with E-state index in [9.17, 15) is 4.79 Å². The van der Waals surface area contributed by atoms with E-state index >= 15 is 0 Å². The van der Waals surface area contributed by atoms with Gasteiger partial charge in [-0.05, 0) is 31.2 Å². The Balaban J connectivity index is 1.85. The van der Waals surface area contributed by atoms with E-state index in [1.54, 1.807) is 0 Å². The van der Waals surface area contributed by atoms with E-state index in [-0.39, 0.29) is 23.7 Å². The van der Waals surface area contributed by atoms with E-state index in [2.05, 4.69) is 17.9 Å². The van der Waals surface area contributed by atoms with E-state index in [0.717, 1.165) is 11.4 Å². The maximum Gasteiger partial charge on any atom is 0.160 e. The first-order valence-corrected chi connectivity index (χ1v) is 10.5. The van der Waals surface area contributed by atoms with Crippen LogP contribution in [0.15, 0.2) is 24.3 Å². The first kappa shape index (κ1) is 25.7. The molecule has 7 nitrogen and oxygen atoms in total. The molecule has 1 aromatic rings. The van der Waals surface area contributed by atoms with Crippen molar-refractivity contribution in [2.24, 2.45) is 5.92 Å². The Morgan fingerprint density at radius 3 is 1.79 bits per heavy atom. The molecule has 0 aromatic heterocycles. The van der Waals surface area contributed by atoms with Crippen molar-refractivity contribution in [3.05, 3.63) is 24.3 Å². The Hall–Kier alpha value is -1.32. The minimum atomic E-state index is 0.00858. The van der Waals surface area contributed by atoms with Gasteiger partial charge in [-0.3, -0.25) is 4.79 Å². The van der Waals surface area contributed by atoms with Crippen molar-refractivity contribution in [1.29, 1.82) is 0 Å². The van der Waals surface area contributed by atoms with Gasteiger partial charge in [-0.25, -0.2) is 0 Å². The SMILES string of the molecule is CC(S)Nc1ccc(OCCOCCOCCOCCOCC(=O)C(C)C)cc1. The van der Waals surface area contributed by atoms with E-state index in [0.29, 0.717) is 52.9 Å². The van der Waals surface area contributed by atoms with Gasteiger partial charge in [-0.2, -0.15) is 12.6 Å². The van der Waals surface area contributed by atoms with Gasteiger partial charge >= 0.3 is 0 Å². The van der Waals surface area contributed by atoms with E-state index in [4.69, 9.17) is 23.7 Å². The average Bonchev–Trinajstić information content (AvgIpc) is 2.68. The van der Waals surface area contributed by atoms with Crippen LogP contribution < -0.4 is 10.1 Å². The summed E-state index contributed by atoms with van der Waals surface area (Å²) in [6.45, 7) is 9.68. The molecule has 0 saturated heterocycles. The molecule has 0 heterocycles. The topological polar surface area (TPSA) is 75.2 Å². The molecule has 1 unspecified atom stereocenters. The van der Waals surface area contributed by atoms with E-state index in [1.807, 2.05) is 45.0 Å². The zero-order valence-corrected chi connectivity index (χ0v) is 18.6. The predicted molar refractivity (Wildman–Crippen MR) is 117 cm³/mol. The standard InChI is InChI=1S/C21H35NO6S/c1-17(2)21(23)16-27-13-12-25-9-8-24-10-11-26-14-15-28-20-6-4-19(5-7-20)22-18(3)29/h4-7,17-18,22,29H,8-16H2,1-3H3. The second kappa shape index (κ2) is 16.5. The van der Waals surface area contributed by atoms with Crippen molar-refractivity contribution in [2.75, 3.05) is 64.8 Å². The molecular formula is C21H35NO6S. The summed E-state index contributed by atoms with van der Waals surface area (Å²) < 4.78 is 27.1. The number of rotatable bonds is 18. The van der Waals surface area contributed by atoms with Crippen LogP contribution in [0.25, 0.3) is 0 Å². The van der Waals surface area contributed by atoms with Crippen LogP contribution in [0.1, 0.15) is 20.8 Å². The van der Waals surface area contributed by atoms with Gasteiger partial charge in [0, 0.05) is 11.6 Å². The van der Waals surface area contributed by atoms with Gasteiger partial charge in [0.2, 0.25) is 0 Å².